The molecule has 0 radical (unpaired) electrons. The van der Waals surface area contributed by atoms with E-state index in [4.69, 9.17) is 15.2 Å². The number of carbonyl (C=O) groups is 1. The smallest absolute Gasteiger partial charge is 0.263 e. The highest BCUT2D eigenvalue weighted by atomic mass is 35.5. The van der Waals surface area contributed by atoms with E-state index in [1.54, 1.807) is 0 Å². The van der Waals surface area contributed by atoms with Crippen LogP contribution in [0.25, 0.3) is 0 Å². The molecule has 5 nitrogen and oxygen atoms in total. The summed E-state index contributed by atoms with van der Waals surface area (Å²) in [5, 5.41) is 0. The van der Waals surface area contributed by atoms with Crippen molar-refractivity contribution in [2.24, 2.45) is 5.73 Å². The monoisotopic (exact) mass is 398 g/mol. The summed E-state index contributed by atoms with van der Waals surface area (Å²) < 4.78 is 11.9. The molecule has 0 aliphatic carbocycles. The van der Waals surface area contributed by atoms with Gasteiger partial charge in [-0.2, -0.15) is 0 Å². The van der Waals surface area contributed by atoms with Crippen LogP contribution in [0.2, 0.25) is 0 Å². The molecule has 1 atom stereocenters. The molecule has 1 heterocycles. The van der Waals surface area contributed by atoms with Crippen LogP contribution in [0.1, 0.15) is 57.1 Å². The molecule has 154 valence electrons. The molecule has 1 unspecified atom stereocenters. The highest BCUT2D eigenvalue weighted by molar-refractivity contribution is 5.85. The maximum absolute atomic E-state index is 12.8. The van der Waals surface area contributed by atoms with Gasteiger partial charge >= 0.3 is 0 Å². The standard InChI is InChI=1S/C21H34N2O3.ClH/c1-15(2)19-7-6-16(3)14-20(19)26-17(4)21(24)23-11-8-18(9-12-23)25-13-5-10-22;/h6-7,14-15,17-18H,5,8-13,22H2,1-4H3;1H. The van der Waals surface area contributed by atoms with E-state index in [1.165, 1.54) is 0 Å². The van der Waals surface area contributed by atoms with Gasteiger partial charge in [-0.1, -0.05) is 26.0 Å². The first kappa shape index (κ1) is 23.7. The summed E-state index contributed by atoms with van der Waals surface area (Å²) in [4.78, 5) is 14.7. The Kier molecular flexibility index (Phi) is 10.1. The Morgan fingerprint density at radius 2 is 1.93 bits per heavy atom. The van der Waals surface area contributed by atoms with Crippen molar-refractivity contribution in [1.29, 1.82) is 0 Å². The average molecular weight is 399 g/mol. The van der Waals surface area contributed by atoms with Crippen LogP contribution in [0, 0.1) is 6.92 Å². The number of halogens is 1. The van der Waals surface area contributed by atoms with Gasteiger partial charge in [-0.25, -0.2) is 0 Å². The Hall–Kier alpha value is -1.30. The fourth-order valence-corrected chi connectivity index (χ4v) is 3.29. The molecule has 0 bridgehead atoms. The third-order valence-electron chi connectivity index (χ3n) is 4.90. The number of carbonyl (C=O) groups excluding carboxylic acids is 1. The van der Waals surface area contributed by atoms with Gasteiger partial charge in [0.05, 0.1) is 6.10 Å². The Morgan fingerprint density at radius 3 is 2.52 bits per heavy atom. The zero-order valence-corrected chi connectivity index (χ0v) is 17.9. The number of rotatable bonds is 8. The van der Waals surface area contributed by atoms with Crippen molar-refractivity contribution in [2.45, 2.75) is 65.1 Å². The number of hydrogen-bond acceptors (Lipinski definition) is 4. The van der Waals surface area contributed by atoms with Gasteiger partial charge < -0.3 is 20.1 Å². The SMILES string of the molecule is Cc1ccc(C(C)C)c(OC(C)C(=O)N2CCC(OCCCN)CC2)c1.Cl. The van der Waals surface area contributed by atoms with E-state index in [0.717, 1.165) is 49.2 Å². The highest BCUT2D eigenvalue weighted by Crippen LogP contribution is 2.28. The van der Waals surface area contributed by atoms with Crippen LogP contribution in [0.3, 0.4) is 0 Å². The van der Waals surface area contributed by atoms with Crippen molar-refractivity contribution in [3.63, 3.8) is 0 Å². The average Bonchev–Trinajstić information content (AvgIpc) is 2.61. The predicted octanol–water partition coefficient (Wildman–Crippen LogP) is 3.66. The van der Waals surface area contributed by atoms with Crippen molar-refractivity contribution < 1.29 is 14.3 Å². The summed E-state index contributed by atoms with van der Waals surface area (Å²) in [6.07, 6.45) is 2.41. The molecule has 1 fully saturated rings. The minimum absolute atomic E-state index is 0. The normalized spacial score (nSPS) is 16.1. The van der Waals surface area contributed by atoms with Crippen molar-refractivity contribution in [1.82, 2.24) is 4.90 Å². The maximum Gasteiger partial charge on any atom is 0.263 e. The molecule has 1 amide bonds. The van der Waals surface area contributed by atoms with Crippen molar-refractivity contribution in [3.8, 4) is 5.75 Å². The molecule has 2 rings (SSSR count). The molecule has 1 aliphatic heterocycles. The zero-order valence-electron chi connectivity index (χ0n) is 17.1. The van der Waals surface area contributed by atoms with Gasteiger partial charge in [0.25, 0.3) is 5.91 Å². The first-order chi connectivity index (χ1) is 12.4. The second kappa shape index (κ2) is 11.5. The Balaban J connectivity index is 0.00000364. The van der Waals surface area contributed by atoms with Gasteiger partial charge in [-0.3, -0.25) is 4.79 Å². The molecule has 0 spiro atoms. The maximum atomic E-state index is 12.8. The lowest BCUT2D eigenvalue weighted by molar-refractivity contribution is -0.140. The Bertz CT molecular complexity index is 587. The number of nitrogens with two attached hydrogens (primary N) is 1. The van der Waals surface area contributed by atoms with Crippen LogP contribution in [0.15, 0.2) is 18.2 Å². The molecular formula is C21H35ClN2O3. The number of ether oxygens (including phenoxy) is 2. The number of aryl methyl sites for hydroxylation is 1. The molecule has 1 aromatic carbocycles. The summed E-state index contributed by atoms with van der Waals surface area (Å²) >= 11 is 0. The summed E-state index contributed by atoms with van der Waals surface area (Å²) in [5.41, 5.74) is 7.77. The topological polar surface area (TPSA) is 64.8 Å². The fourth-order valence-electron chi connectivity index (χ4n) is 3.29. The number of nitrogens with zero attached hydrogens (tertiary/aromatic N) is 1. The Labute approximate surface area is 170 Å². The molecule has 1 aliphatic rings. The van der Waals surface area contributed by atoms with Gasteiger partial charge in [0.15, 0.2) is 6.10 Å². The summed E-state index contributed by atoms with van der Waals surface area (Å²) in [7, 11) is 0. The van der Waals surface area contributed by atoms with Crippen LogP contribution >= 0.6 is 12.4 Å². The molecule has 2 N–H and O–H groups in total. The van der Waals surface area contributed by atoms with Crippen LogP contribution in [0.4, 0.5) is 0 Å². The van der Waals surface area contributed by atoms with Crippen molar-refractivity contribution in [3.05, 3.63) is 29.3 Å². The lowest BCUT2D eigenvalue weighted by Gasteiger charge is -2.33. The number of piperidine rings is 1. The molecule has 1 saturated heterocycles. The van der Waals surface area contributed by atoms with Gasteiger partial charge in [-0.05, 0) is 62.8 Å². The van der Waals surface area contributed by atoms with Crippen LogP contribution < -0.4 is 10.5 Å². The molecule has 6 heteroatoms. The molecular weight excluding hydrogens is 364 g/mol. The lowest BCUT2D eigenvalue weighted by Crippen LogP contribution is -2.46. The third-order valence-corrected chi connectivity index (χ3v) is 4.90. The summed E-state index contributed by atoms with van der Waals surface area (Å²) in [6, 6.07) is 6.21. The Morgan fingerprint density at radius 1 is 1.26 bits per heavy atom. The summed E-state index contributed by atoms with van der Waals surface area (Å²) in [6.45, 7) is 11.0. The minimum atomic E-state index is -0.482. The van der Waals surface area contributed by atoms with Crippen LogP contribution in [0.5, 0.6) is 5.75 Å². The van der Waals surface area contributed by atoms with E-state index >= 15 is 0 Å². The zero-order chi connectivity index (χ0) is 19.1. The predicted molar refractivity (Wildman–Crippen MR) is 112 cm³/mol. The van der Waals surface area contributed by atoms with Crippen molar-refractivity contribution >= 4 is 18.3 Å². The molecule has 0 aromatic heterocycles. The van der Waals surface area contributed by atoms with Gasteiger partial charge in [0.2, 0.25) is 0 Å². The first-order valence-electron chi connectivity index (χ1n) is 9.80. The number of likely N-dealkylation sites (tertiary alicyclic amines) is 1. The number of hydrogen-bond donors (Lipinski definition) is 1. The first-order valence-corrected chi connectivity index (χ1v) is 9.80. The van der Waals surface area contributed by atoms with Gasteiger partial charge in [0, 0.05) is 19.7 Å². The lowest BCUT2D eigenvalue weighted by atomic mass is 10.0. The molecule has 1 aromatic rings. The second-order valence-electron chi connectivity index (χ2n) is 7.49. The molecule has 0 saturated carbocycles. The van der Waals surface area contributed by atoms with Gasteiger partial charge in [0.1, 0.15) is 5.75 Å². The number of benzene rings is 1. The number of amides is 1. The van der Waals surface area contributed by atoms with E-state index in [1.807, 2.05) is 24.8 Å². The van der Waals surface area contributed by atoms with Crippen molar-refractivity contribution in [2.75, 3.05) is 26.2 Å². The second-order valence-corrected chi connectivity index (χ2v) is 7.49. The summed E-state index contributed by atoms with van der Waals surface area (Å²) in [5.74, 6) is 1.23. The highest BCUT2D eigenvalue weighted by Gasteiger charge is 2.27. The van der Waals surface area contributed by atoms with E-state index in [2.05, 4.69) is 26.0 Å². The van der Waals surface area contributed by atoms with Gasteiger partial charge in [-0.15, -0.1) is 12.4 Å². The molecule has 27 heavy (non-hydrogen) atoms. The minimum Gasteiger partial charge on any atom is -0.481 e. The van der Waals surface area contributed by atoms with E-state index in [9.17, 15) is 4.79 Å². The fraction of sp³-hybridized carbons (Fsp3) is 0.667. The quantitative estimate of drug-likeness (QED) is 0.678. The van der Waals surface area contributed by atoms with E-state index in [0.29, 0.717) is 19.1 Å². The van der Waals surface area contributed by atoms with E-state index in [-0.39, 0.29) is 24.4 Å². The van der Waals surface area contributed by atoms with Crippen LogP contribution in [-0.4, -0.2) is 49.3 Å². The third kappa shape index (κ3) is 6.98. The van der Waals surface area contributed by atoms with Crippen LogP contribution in [-0.2, 0) is 9.53 Å². The largest absolute Gasteiger partial charge is 0.481 e. The van der Waals surface area contributed by atoms with E-state index < -0.39 is 6.10 Å².